The van der Waals surface area contributed by atoms with Crippen LogP contribution in [0, 0.1) is 0 Å². The van der Waals surface area contributed by atoms with Gasteiger partial charge in [0.1, 0.15) is 11.3 Å². The van der Waals surface area contributed by atoms with Gasteiger partial charge in [-0.05, 0) is 35.1 Å². The highest BCUT2D eigenvalue weighted by atomic mass is 35.5. The fourth-order valence-corrected chi connectivity index (χ4v) is 3.68. The first-order chi connectivity index (χ1) is 11.8. The van der Waals surface area contributed by atoms with E-state index < -0.39 is 0 Å². The van der Waals surface area contributed by atoms with Crippen LogP contribution in [0.15, 0.2) is 78.3 Å². The molecule has 4 aromatic rings. The molecule has 2 nitrogen and oxygen atoms in total. The first kappa shape index (κ1) is 15.2. The molecule has 4 rings (SSSR count). The number of fused-ring (bicyclic) bond motifs is 1. The predicted molar refractivity (Wildman–Crippen MR) is 103 cm³/mol. The van der Waals surface area contributed by atoms with Crippen molar-refractivity contribution in [3.63, 3.8) is 0 Å². The zero-order valence-electron chi connectivity index (χ0n) is 12.7. The smallest absolute Gasteiger partial charge is 0.437 e. The number of aromatic nitrogens is 1. The van der Waals surface area contributed by atoms with Crippen molar-refractivity contribution in [1.82, 2.24) is 4.98 Å². The van der Waals surface area contributed by atoms with Gasteiger partial charge in [0.2, 0.25) is 0 Å². The van der Waals surface area contributed by atoms with Crippen LogP contribution in [0.3, 0.4) is 0 Å². The summed E-state index contributed by atoms with van der Waals surface area (Å²) in [5, 5.41) is 3.82. The summed E-state index contributed by atoms with van der Waals surface area (Å²) in [4.78, 5) is 4.48. The van der Waals surface area contributed by atoms with E-state index in [9.17, 15) is 0 Å². The van der Waals surface area contributed by atoms with Crippen LogP contribution >= 0.6 is 22.9 Å². The minimum atomic E-state index is -0.212. The highest BCUT2D eigenvalue weighted by Gasteiger charge is 2.25. The number of para-hydroxylation sites is 1. The van der Waals surface area contributed by atoms with Gasteiger partial charge in [0.05, 0.1) is 0 Å². The summed E-state index contributed by atoms with van der Waals surface area (Å²) in [6.07, 6.45) is 1.79. The Bertz CT molecular complexity index is 969. The molecule has 0 spiro atoms. The van der Waals surface area contributed by atoms with E-state index in [1.54, 1.807) is 17.5 Å². The van der Waals surface area contributed by atoms with Gasteiger partial charge in [-0.3, -0.25) is 4.98 Å². The van der Waals surface area contributed by atoms with Crippen molar-refractivity contribution < 1.29 is 4.65 Å². The van der Waals surface area contributed by atoms with Gasteiger partial charge >= 0.3 is 6.92 Å². The maximum atomic E-state index is 6.40. The van der Waals surface area contributed by atoms with Crippen molar-refractivity contribution in [2.24, 2.45) is 0 Å². The Labute approximate surface area is 149 Å². The lowest BCUT2D eigenvalue weighted by atomic mass is 9.59. The van der Waals surface area contributed by atoms with E-state index in [0.29, 0.717) is 5.02 Å². The summed E-state index contributed by atoms with van der Waals surface area (Å²) in [6, 6.07) is 21.9. The van der Waals surface area contributed by atoms with Crippen molar-refractivity contribution in [1.29, 1.82) is 0 Å². The summed E-state index contributed by atoms with van der Waals surface area (Å²) < 4.78 is 7.53. The number of benzene rings is 2. The predicted octanol–water partition coefficient (Wildman–Crippen LogP) is 4.13. The molecule has 0 radical (unpaired) electrons. The van der Waals surface area contributed by atoms with Crippen molar-refractivity contribution in [3.05, 3.63) is 83.3 Å². The molecule has 0 aliphatic rings. The van der Waals surface area contributed by atoms with E-state index >= 15 is 0 Å². The van der Waals surface area contributed by atoms with Gasteiger partial charge in [0.15, 0.2) is 0 Å². The molecule has 0 fully saturated rings. The van der Waals surface area contributed by atoms with Gasteiger partial charge < -0.3 is 4.65 Å². The van der Waals surface area contributed by atoms with E-state index in [1.165, 1.54) is 0 Å². The van der Waals surface area contributed by atoms with Crippen molar-refractivity contribution in [3.8, 4) is 5.75 Å². The Balaban J connectivity index is 1.80. The molecule has 24 heavy (non-hydrogen) atoms. The zero-order chi connectivity index (χ0) is 16.4. The molecule has 2 aromatic heterocycles. The Hall–Kier alpha value is -2.30. The third-order valence-electron chi connectivity index (χ3n) is 3.79. The topological polar surface area (TPSA) is 22.1 Å². The molecule has 116 valence electrons. The second-order valence-corrected chi connectivity index (χ2v) is 6.82. The largest absolute Gasteiger partial charge is 0.549 e. The minimum absolute atomic E-state index is 0.212. The van der Waals surface area contributed by atoms with Gasteiger partial charge in [-0.1, -0.05) is 54.1 Å². The molecule has 0 saturated heterocycles. The Morgan fingerprint density at radius 3 is 2.67 bits per heavy atom. The average molecular weight is 350 g/mol. The second-order valence-electron chi connectivity index (χ2n) is 5.40. The maximum Gasteiger partial charge on any atom is 0.437 e. The van der Waals surface area contributed by atoms with E-state index in [-0.39, 0.29) is 6.92 Å². The summed E-state index contributed by atoms with van der Waals surface area (Å²) >= 11 is 7.85. The van der Waals surface area contributed by atoms with Crippen LogP contribution in [0.4, 0.5) is 0 Å². The SMILES string of the molecule is Clc1cccc(B(Oc2cccc3cccnc23)c2cccs2)c1. The molecule has 2 heterocycles. The Morgan fingerprint density at radius 2 is 1.83 bits per heavy atom. The van der Waals surface area contributed by atoms with Gasteiger partial charge in [-0.2, -0.15) is 11.3 Å². The first-order valence-corrected chi connectivity index (χ1v) is 8.86. The molecule has 0 unspecified atom stereocenters. The monoisotopic (exact) mass is 349 g/mol. The standard InChI is InChI=1S/C19H13BClNOS/c21-16-8-2-7-15(13-16)20(18-10-4-12-24-18)23-17-9-1-5-14-6-3-11-22-19(14)17/h1-13H. The highest BCUT2D eigenvalue weighted by Crippen LogP contribution is 2.23. The second kappa shape index (κ2) is 6.67. The molecule has 0 N–H and O–H groups in total. The van der Waals surface area contributed by atoms with Gasteiger partial charge in [0.25, 0.3) is 0 Å². The van der Waals surface area contributed by atoms with Crippen LogP contribution in [0.2, 0.25) is 5.02 Å². The number of rotatable bonds is 4. The lowest BCUT2D eigenvalue weighted by Gasteiger charge is -2.16. The molecular formula is C19H13BClNOS. The average Bonchev–Trinajstić information content (AvgIpc) is 3.14. The van der Waals surface area contributed by atoms with E-state index in [2.05, 4.69) is 16.4 Å². The zero-order valence-corrected chi connectivity index (χ0v) is 14.3. The third-order valence-corrected chi connectivity index (χ3v) is 4.94. The Kier molecular flexibility index (Phi) is 4.24. The molecule has 5 heteroatoms. The van der Waals surface area contributed by atoms with E-state index in [1.807, 2.05) is 60.7 Å². The minimum Gasteiger partial charge on any atom is -0.549 e. The van der Waals surface area contributed by atoms with Crippen LogP contribution < -0.4 is 14.9 Å². The highest BCUT2D eigenvalue weighted by molar-refractivity contribution is 7.23. The lowest BCUT2D eigenvalue weighted by molar-refractivity contribution is 0.598. The van der Waals surface area contributed by atoms with Crippen molar-refractivity contribution in [2.45, 2.75) is 0 Å². The van der Waals surface area contributed by atoms with Crippen LogP contribution in [0.25, 0.3) is 10.9 Å². The molecule has 0 saturated carbocycles. The number of halogens is 1. The molecule has 0 amide bonds. The Morgan fingerprint density at radius 1 is 0.958 bits per heavy atom. The van der Waals surface area contributed by atoms with E-state index in [4.69, 9.17) is 16.3 Å². The fraction of sp³-hybridized carbons (Fsp3) is 0. The number of nitrogens with zero attached hydrogens (tertiary/aromatic N) is 1. The third kappa shape index (κ3) is 3.03. The van der Waals surface area contributed by atoms with Gasteiger partial charge in [0, 0.05) is 21.4 Å². The number of hydrogen-bond donors (Lipinski definition) is 0. The molecule has 2 aromatic carbocycles. The molecule has 0 atom stereocenters. The fourth-order valence-electron chi connectivity index (χ4n) is 2.70. The maximum absolute atomic E-state index is 6.40. The lowest BCUT2D eigenvalue weighted by Crippen LogP contribution is -2.46. The number of pyridine rings is 1. The molecular weight excluding hydrogens is 337 g/mol. The normalized spacial score (nSPS) is 10.7. The molecule has 0 bridgehead atoms. The van der Waals surface area contributed by atoms with E-state index in [0.717, 1.165) is 26.9 Å². The van der Waals surface area contributed by atoms with Crippen molar-refractivity contribution >= 4 is 51.0 Å². The summed E-state index contributed by atoms with van der Waals surface area (Å²) in [7, 11) is 0. The molecule has 0 aliphatic heterocycles. The van der Waals surface area contributed by atoms with Gasteiger partial charge in [-0.15, -0.1) is 0 Å². The van der Waals surface area contributed by atoms with Crippen LogP contribution in [-0.4, -0.2) is 11.9 Å². The quantitative estimate of drug-likeness (QED) is 0.517. The molecule has 0 aliphatic carbocycles. The van der Waals surface area contributed by atoms with Crippen LogP contribution in [0.5, 0.6) is 5.75 Å². The van der Waals surface area contributed by atoms with Gasteiger partial charge in [-0.25, -0.2) is 0 Å². The van der Waals surface area contributed by atoms with Crippen LogP contribution in [0.1, 0.15) is 0 Å². The first-order valence-electron chi connectivity index (χ1n) is 7.60. The number of thiophene rings is 1. The summed E-state index contributed by atoms with van der Waals surface area (Å²) in [6.45, 7) is -0.212. The van der Waals surface area contributed by atoms with Crippen molar-refractivity contribution in [2.75, 3.05) is 0 Å². The number of hydrogen-bond acceptors (Lipinski definition) is 3. The summed E-state index contributed by atoms with van der Waals surface area (Å²) in [5.41, 5.74) is 1.89. The summed E-state index contributed by atoms with van der Waals surface area (Å²) in [5.74, 6) is 0.770. The van der Waals surface area contributed by atoms with Crippen LogP contribution in [-0.2, 0) is 0 Å².